The second kappa shape index (κ2) is 7.43. The van der Waals surface area contributed by atoms with Gasteiger partial charge in [-0.1, -0.05) is 5.16 Å². The Hall–Kier alpha value is -3.45. The lowest BCUT2D eigenvalue weighted by molar-refractivity contribution is -0.118. The predicted molar refractivity (Wildman–Crippen MR) is 94.0 cm³/mol. The van der Waals surface area contributed by atoms with Crippen molar-refractivity contribution in [2.45, 2.75) is 39.7 Å². The van der Waals surface area contributed by atoms with Crippen molar-refractivity contribution in [3.05, 3.63) is 29.2 Å². The van der Waals surface area contributed by atoms with Crippen molar-refractivity contribution >= 4 is 17.6 Å². The zero-order chi connectivity index (χ0) is 20.4. The number of phenolic OH excluding ortho intramolecular Hbond substituents is 2. The fourth-order valence-corrected chi connectivity index (χ4v) is 2.41. The van der Waals surface area contributed by atoms with Crippen LogP contribution in [0.3, 0.4) is 0 Å². The molecule has 0 aliphatic heterocycles. The zero-order valence-corrected chi connectivity index (χ0v) is 15.3. The second-order valence-electron chi connectivity index (χ2n) is 6.84. The summed E-state index contributed by atoms with van der Waals surface area (Å²) in [5.41, 5.74) is -1.05. The van der Waals surface area contributed by atoms with Gasteiger partial charge in [0.1, 0.15) is 5.94 Å². The van der Waals surface area contributed by atoms with Crippen molar-refractivity contribution in [1.29, 1.82) is 0 Å². The van der Waals surface area contributed by atoms with Crippen LogP contribution in [0.25, 0.3) is 11.4 Å². The maximum absolute atomic E-state index is 12.9. The third kappa shape index (κ3) is 4.39. The van der Waals surface area contributed by atoms with Crippen LogP contribution in [0.1, 0.15) is 42.6 Å². The van der Waals surface area contributed by atoms with Crippen LogP contribution >= 0.6 is 0 Å². The monoisotopic (exact) mass is 373 g/mol. The number of aromatic nitrogens is 2. The number of hydrogen-bond acceptors (Lipinski definition) is 8. The fourth-order valence-electron chi connectivity index (χ4n) is 2.41. The van der Waals surface area contributed by atoms with E-state index in [1.54, 1.807) is 20.8 Å². The summed E-state index contributed by atoms with van der Waals surface area (Å²) < 4.78 is 4.90. The standard InChI is InChI=1S/C18H19N3O6/c1-9-19-16(21-27-9)11-8-12(23)14(24)10(6-5-7-22)13(11)15(25)17(26)20-18(2,3)4/h5,8,23-24H,6H2,1-4H3,(H,20,26). The molecule has 0 aliphatic rings. The number of ketones is 1. The van der Waals surface area contributed by atoms with Crippen molar-refractivity contribution in [1.82, 2.24) is 15.5 Å². The number of carbonyl (C=O) groups excluding carboxylic acids is 3. The van der Waals surface area contributed by atoms with Crippen molar-refractivity contribution < 1.29 is 29.1 Å². The Balaban J connectivity index is 2.73. The number of benzene rings is 1. The first-order valence-corrected chi connectivity index (χ1v) is 7.99. The highest BCUT2D eigenvalue weighted by Gasteiger charge is 2.30. The van der Waals surface area contributed by atoms with E-state index in [0.717, 1.165) is 12.1 Å². The molecule has 1 aromatic heterocycles. The molecule has 3 N–H and O–H groups in total. The molecule has 9 nitrogen and oxygen atoms in total. The number of carbonyl (C=O) groups is 2. The maximum Gasteiger partial charge on any atom is 0.292 e. The summed E-state index contributed by atoms with van der Waals surface area (Å²) in [4.78, 5) is 39.9. The van der Waals surface area contributed by atoms with Crippen LogP contribution in [0.2, 0.25) is 0 Å². The van der Waals surface area contributed by atoms with Crippen LogP contribution in [0, 0.1) is 6.92 Å². The summed E-state index contributed by atoms with van der Waals surface area (Å²) in [6.45, 7) is 6.63. The third-order valence-electron chi connectivity index (χ3n) is 3.46. The highest BCUT2D eigenvalue weighted by atomic mass is 16.5. The summed E-state index contributed by atoms with van der Waals surface area (Å²) in [5.74, 6) is -1.41. The molecule has 0 saturated heterocycles. The summed E-state index contributed by atoms with van der Waals surface area (Å²) >= 11 is 0. The van der Waals surface area contributed by atoms with Gasteiger partial charge in [-0.05, 0) is 26.8 Å². The summed E-state index contributed by atoms with van der Waals surface area (Å²) in [6, 6.07) is 1.06. The number of allylic oxidation sites excluding steroid dienone is 1. The van der Waals surface area contributed by atoms with Gasteiger partial charge in [-0.15, -0.1) is 0 Å². The smallest absolute Gasteiger partial charge is 0.292 e. The average molecular weight is 373 g/mol. The number of hydrogen-bond donors (Lipinski definition) is 3. The van der Waals surface area contributed by atoms with E-state index < -0.39 is 28.7 Å². The van der Waals surface area contributed by atoms with Crippen molar-refractivity contribution in [3.63, 3.8) is 0 Å². The number of nitrogens with zero attached hydrogens (tertiary/aromatic N) is 2. The van der Waals surface area contributed by atoms with Crippen molar-refractivity contribution in [3.8, 4) is 22.9 Å². The predicted octanol–water partition coefficient (Wildman–Crippen LogP) is 1.48. The summed E-state index contributed by atoms with van der Waals surface area (Å²) in [6.07, 6.45) is 0.773. The number of aryl methyl sites for hydroxylation is 1. The Morgan fingerprint density at radius 3 is 2.52 bits per heavy atom. The minimum atomic E-state index is -0.980. The first kappa shape index (κ1) is 19.9. The van der Waals surface area contributed by atoms with Gasteiger partial charge in [0.05, 0.1) is 0 Å². The molecule has 0 atom stereocenters. The van der Waals surface area contributed by atoms with E-state index in [1.807, 2.05) is 0 Å². The van der Waals surface area contributed by atoms with E-state index in [4.69, 9.17) is 4.52 Å². The van der Waals surface area contributed by atoms with E-state index in [-0.39, 0.29) is 34.8 Å². The van der Waals surface area contributed by atoms with Gasteiger partial charge in [-0.2, -0.15) is 4.98 Å². The quantitative estimate of drug-likeness (QED) is 0.309. The maximum atomic E-state index is 12.9. The van der Waals surface area contributed by atoms with E-state index in [1.165, 1.54) is 12.9 Å². The van der Waals surface area contributed by atoms with Crippen LogP contribution in [-0.4, -0.2) is 43.5 Å². The SMILES string of the molecule is Cc1nc(-c2cc(O)c(O)c(CC=C=O)c2C(=O)C(=O)NC(C)(C)C)no1. The number of Topliss-reactive ketones (excluding diaryl/α,β-unsaturated/α-hetero) is 1. The van der Waals surface area contributed by atoms with Crippen LogP contribution in [0.4, 0.5) is 0 Å². The number of phenols is 2. The van der Waals surface area contributed by atoms with E-state index in [9.17, 15) is 24.6 Å². The Labute approximate surface area is 154 Å². The lowest BCUT2D eigenvalue weighted by Gasteiger charge is -2.21. The first-order chi connectivity index (χ1) is 12.5. The molecular formula is C18H19N3O6. The van der Waals surface area contributed by atoms with Gasteiger partial charge in [-0.25, -0.2) is 4.79 Å². The van der Waals surface area contributed by atoms with E-state index >= 15 is 0 Å². The minimum absolute atomic E-state index is 0.00879. The number of aromatic hydroxyl groups is 2. The summed E-state index contributed by atoms with van der Waals surface area (Å²) in [7, 11) is 0. The Morgan fingerprint density at radius 2 is 2.00 bits per heavy atom. The Kier molecular flexibility index (Phi) is 5.47. The molecule has 0 fully saturated rings. The molecule has 0 aliphatic carbocycles. The van der Waals surface area contributed by atoms with Crippen LogP contribution in [-0.2, 0) is 16.0 Å². The van der Waals surface area contributed by atoms with Crippen molar-refractivity contribution in [2.75, 3.05) is 0 Å². The van der Waals surface area contributed by atoms with Gasteiger partial charge in [0.2, 0.25) is 11.7 Å². The van der Waals surface area contributed by atoms with Crippen LogP contribution in [0.5, 0.6) is 11.5 Å². The van der Waals surface area contributed by atoms with Gasteiger partial charge >= 0.3 is 0 Å². The topological polar surface area (TPSA) is 143 Å². The van der Waals surface area contributed by atoms with E-state index in [2.05, 4.69) is 15.5 Å². The number of rotatable bonds is 5. The highest BCUT2D eigenvalue weighted by Crippen LogP contribution is 2.38. The van der Waals surface area contributed by atoms with E-state index in [0.29, 0.717) is 0 Å². The molecule has 1 heterocycles. The molecule has 142 valence electrons. The normalized spacial score (nSPS) is 11.0. The largest absolute Gasteiger partial charge is 0.504 e. The molecule has 27 heavy (non-hydrogen) atoms. The third-order valence-corrected chi connectivity index (χ3v) is 3.46. The molecule has 0 saturated carbocycles. The number of nitrogens with one attached hydrogen (secondary N) is 1. The fraction of sp³-hybridized carbons (Fsp3) is 0.333. The average Bonchev–Trinajstić information content (AvgIpc) is 2.99. The van der Waals surface area contributed by atoms with Crippen LogP contribution < -0.4 is 5.32 Å². The Bertz CT molecular complexity index is 949. The van der Waals surface area contributed by atoms with Gasteiger partial charge < -0.3 is 20.1 Å². The van der Waals surface area contributed by atoms with Gasteiger partial charge in [0.15, 0.2) is 11.5 Å². The molecule has 1 aromatic carbocycles. The Morgan fingerprint density at radius 1 is 1.33 bits per heavy atom. The van der Waals surface area contributed by atoms with Crippen molar-refractivity contribution in [2.24, 2.45) is 0 Å². The van der Waals surface area contributed by atoms with Gasteiger partial charge in [0.25, 0.3) is 11.7 Å². The zero-order valence-electron chi connectivity index (χ0n) is 15.3. The highest BCUT2D eigenvalue weighted by molar-refractivity contribution is 6.44. The van der Waals surface area contributed by atoms with Crippen LogP contribution in [0.15, 0.2) is 16.7 Å². The molecule has 0 bridgehead atoms. The lowest BCUT2D eigenvalue weighted by atomic mass is 9.92. The molecule has 9 heteroatoms. The molecule has 0 radical (unpaired) electrons. The molecular weight excluding hydrogens is 354 g/mol. The lowest BCUT2D eigenvalue weighted by Crippen LogP contribution is -2.44. The van der Waals surface area contributed by atoms with Gasteiger partial charge in [0, 0.05) is 41.6 Å². The second-order valence-corrected chi connectivity index (χ2v) is 6.84. The molecule has 2 aromatic rings. The van der Waals surface area contributed by atoms with Gasteiger partial charge in [-0.3, -0.25) is 9.59 Å². The summed E-state index contributed by atoms with van der Waals surface area (Å²) in [5, 5.41) is 26.5. The first-order valence-electron chi connectivity index (χ1n) is 7.99. The minimum Gasteiger partial charge on any atom is -0.504 e. The molecule has 2 rings (SSSR count). The molecule has 1 amide bonds. The molecule has 0 unspecified atom stereocenters. The molecule has 0 spiro atoms. The number of amides is 1.